The van der Waals surface area contributed by atoms with Crippen LogP contribution in [0.2, 0.25) is 0 Å². The van der Waals surface area contributed by atoms with E-state index in [4.69, 9.17) is 9.26 Å². The topological polar surface area (TPSA) is 75.5 Å². The van der Waals surface area contributed by atoms with E-state index in [1.54, 1.807) is 11.0 Å². The van der Waals surface area contributed by atoms with Crippen LogP contribution in [0.5, 0.6) is 0 Å². The Morgan fingerprint density at radius 3 is 2.96 bits per heavy atom. The van der Waals surface area contributed by atoms with Gasteiger partial charge >= 0.3 is 6.09 Å². The number of rotatable bonds is 3. The van der Waals surface area contributed by atoms with Crippen molar-refractivity contribution in [2.24, 2.45) is 0 Å². The lowest BCUT2D eigenvalue weighted by molar-refractivity contribution is 0.0816. The van der Waals surface area contributed by atoms with Gasteiger partial charge in [-0.1, -0.05) is 12.1 Å². The fraction of sp³-hybridized carbons (Fsp3) is 0.412. The summed E-state index contributed by atoms with van der Waals surface area (Å²) >= 11 is 0. The predicted octanol–water partition coefficient (Wildman–Crippen LogP) is 2.66. The number of hydrogen-bond donors (Lipinski definition) is 1. The highest BCUT2D eigenvalue weighted by atomic mass is 19.1. The number of methoxy groups -OCH3 is 1. The lowest BCUT2D eigenvalue weighted by Crippen LogP contribution is -2.46. The Bertz CT molecular complexity index is 770. The van der Waals surface area contributed by atoms with E-state index in [0.29, 0.717) is 31.6 Å². The lowest BCUT2D eigenvalue weighted by atomic mass is 9.86. The number of piperidine rings is 1. The number of carbonyl (C=O) groups excluding carboxylic acids is 1. The largest absolute Gasteiger partial charge is 0.453 e. The van der Waals surface area contributed by atoms with Crippen LogP contribution in [0.3, 0.4) is 0 Å². The molecule has 0 radical (unpaired) electrons. The zero-order valence-electron chi connectivity index (χ0n) is 13.3. The van der Waals surface area contributed by atoms with E-state index in [-0.39, 0.29) is 23.3 Å². The number of likely N-dealkylation sites (tertiary alicyclic amines) is 1. The normalized spacial score (nSPS) is 20.8. The van der Waals surface area contributed by atoms with E-state index in [1.165, 1.54) is 25.3 Å². The third kappa shape index (κ3) is 3.50. The maximum Gasteiger partial charge on any atom is 0.409 e. The molecule has 1 aromatic carbocycles. The van der Waals surface area contributed by atoms with E-state index in [2.05, 4.69) is 5.16 Å². The van der Waals surface area contributed by atoms with Crippen LogP contribution in [0, 0.1) is 5.82 Å². The first-order chi connectivity index (χ1) is 11.6. The minimum absolute atomic E-state index is 0.0309. The molecule has 1 N–H and O–H groups in total. The molecule has 0 saturated carbocycles. The van der Waals surface area contributed by atoms with Gasteiger partial charge in [0, 0.05) is 24.6 Å². The smallest absolute Gasteiger partial charge is 0.409 e. The number of nitrogens with zero attached hydrogens (tertiary/aromatic N) is 1. The molecule has 0 bridgehead atoms. The van der Waals surface area contributed by atoms with Crippen molar-refractivity contribution in [3.8, 4) is 0 Å². The summed E-state index contributed by atoms with van der Waals surface area (Å²) in [4.78, 5) is 25.0. The number of halogens is 1. The highest BCUT2D eigenvalue weighted by molar-refractivity contribution is 5.68. The molecule has 1 aliphatic rings. The fourth-order valence-corrected chi connectivity index (χ4v) is 3.30. The first-order valence-corrected chi connectivity index (χ1v) is 7.84. The molecule has 6 nitrogen and oxygen atoms in total. The summed E-state index contributed by atoms with van der Waals surface area (Å²) in [5, 5.41) is 2.30. The second-order valence-electron chi connectivity index (χ2n) is 5.99. The molecule has 1 aliphatic heterocycles. The number of benzene rings is 1. The number of H-pyrrole nitrogens is 1. The van der Waals surface area contributed by atoms with Crippen LogP contribution >= 0.6 is 0 Å². The van der Waals surface area contributed by atoms with Gasteiger partial charge in [0.2, 0.25) is 0 Å². The molecule has 2 aromatic rings. The zero-order chi connectivity index (χ0) is 17.1. The van der Waals surface area contributed by atoms with Crippen molar-refractivity contribution >= 4 is 6.09 Å². The van der Waals surface area contributed by atoms with Crippen LogP contribution < -0.4 is 5.56 Å². The Morgan fingerprint density at radius 2 is 2.29 bits per heavy atom. The Morgan fingerprint density at radius 1 is 1.46 bits per heavy atom. The second kappa shape index (κ2) is 6.90. The minimum Gasteiger partial charge on any atom is -0.453 e. The van der Waals surface area contributed by atoms with Gasteiger partial charge in [-0.25, -0.2) is 9.18 Å². The Labute approximate surface area is 138 Å². The van der Waals surface area contributed by atoms with Gasteiger partial charge in [0.25, 0.3) is 5.56 Å². The molecule has 128 valence electrons. The number of aromatic nitrogens is 1. The van der Waals surface area contributed by atoms with Gasteiger partial charge in [-0.2, -0.15) is 5.16 Å². The number of amides is 1. The fourth-order valence-electron chi connectivity index (χ4n) is 3.30. The molecule has 2 atom stereocenters. The highest BCUT2D eigenvalue weighted by Crippen LogP contribution is 2.32. The summed E-state index contributed by atoms with van der Waals surface area (Å²) < 4.78 is 23.5. The summed E-state index contributed by atoms with van der Waals surface area (Å²) in [6.45, 7) is 0.492. The van der Waals surface area contributed by atoms with Gasteiger partial charge in [0.1, 0.15) is 11.6 Å². The molecule has 1 saturated heterocycles. The monoisotopic (exact) mass is 334 g/mol. The van der Waals surface area contributed by atoms with Crippen LogP contribution in [0.25, 0.3) is 0 Å². The molecular weight excluding hydrogens is 315 g/mol. The highest BCUT2D eigenvalue weighted by Gasteiger charge is 2.34. The van der Waals surface area contributed by atoms with Crippen molar-refractivity contribution in [2.75, 3.05) is 13.7 Å². The first-order valence-electron chi connectivity index (χ1n) is 7.84. The van der Waals surface area contributed by atoms with E-state index < -0.39 is 6.09 Å². The van der Waals surface area contributed by atoms with E-state index in [9.17, 15) is 14.0 Å². The Balaban J connectivity index is 1.81. The number of nitrogens with one attached hydrogen (secondary N) is 1. The van der Waals surface area contributed by atoms with E-state index in [0.717, 1.165) is 5.56 Å². The molecular formula is C17H19FN2O4. The van der Waals surface area contributed by atoms with E-state index in [1.807, 2.05) is 6.07 Å². The minimum atomic E-state index is -0.398. The van der Waals surface area contributed by atoms with Crippen LogP contribution in [0.15, 0.2) is 39.6 Å². The first kappa shape index (κ1) is 16.3. The average Bonchev–Trinajstić information content (AvgIpc) is 3.00. The number of carbonyl (C=O) groups is 1. The number of ether oxygens (including phenoxy) is 1. The molecule has 3 rings (SSSR count). The number of aromatic amines is 1. The molecule has 1 fully saturated rings. The molecule has 7 heteroatoms. The van der Waals surface area contributed by atoms with Gasteiger partial charge in [-0.15, -0.1) is 0 Å². The second-order valence-corrected chi connectivity index (χ2v) is 5.99. The Kier molecular flexibility index (Phi) is 4.69. The maximum absolute atomic E-state index is 13.4. The van der Waals surface area contributed by atoms with Crippen LogP contribution in [-0.2, 0) is 11.2 Å². The molecule has 0 aliphatic carbocycles. The lowest BCUT2D eigenvalue weighted by Gasteiger charge is -2.38. The number of hydrogen-bond acceptors (Lipinski definition) is 4. The average molecular weight is 334 g/mol. The van der Waals surface area contributed by atoms with Crippen molar-refractivity contribution in [3.05, 3.63) is 57.8 Å². The zero-order valence-corrected chi connectivity index (χ0v) is 13.3. The van der Waals surface area contributed by atoms with Crippen LogP contribution in [0.1, 0.15) is 30.1 Å². The van der Waals surface area contributed by atoms with Gasteiger partial charge < -0.3 is 14.2 Å². The van der Waals surface area contributed by atoms with Crippen LogP contribution in [0.4, 0.5) is 9.18 Å². The van der Waals surface area contributed by atoms with Gasteiger partial charge in [0.15, 0.2) is 0 Å². The summed E-state index contributed by atoms with van der Waals surface area (Å²) in [5.74, 6) is 0.318. The Hall–Kier alpha value is -2.57. The predicted molar refractivity (Wildman–Crippen MR) is 84.3 cm³/mol. The summed E-state index contributed by atoms with van der Waals surface area (Å²) in [6, 6.07) is 7.63. The third-order valence-electron chi connectivity index (χ3n) is 4.43. The van der Waals surface area contributed by atoms with Crippen molar-refractivity contribution in [3.63, 3.8) is 0 Å². The maximum atomic E-state index is 13.4. The van der Waals surface area contributed by atoms with Crippen molar-refractivity contribution in [1.29, 1.82) is 0 Å². The molecule has 2 heterocycles. The van der Waals surface area contributed by atoms with Gasteiger partial charge in [-0.3, -0.25) is 4.79 Å². The SMILES string of the molecule is COC(=O)N1CC[C@@H](c2cc(=O)[nH]o2)C[C@@H]1Cc1cccc(F)c1. The molecule has 1 amide bonds. The summed E-state index contributed by atoms with van der Waals surface area (Å²) in [5.41, 5.74) is 0.534. The van der Waals surface area contributed by atoms with Crippen LogP contribution in [-0.4, -0.2) is 35.8 Å². The molecule has 24 heavy (non-hydrogen) atoms. The summed E-state index contributed by atoms with van der Waals surface area (Å²) in [7, 11) is 1.35. The quantitative estimate of drug-likeness (QED) is 0.936. The molecule has 1 aromatic heterocycles. The third-order valence-corrected chi connectivity index (χ3v) is 4.43. The molecule has 0 spiro atoms. The van der Waals surface area contributed by atoms with Gasteiger partial charge in [0.05, 0.1) is 7.11 Å². The van der Waals surface area contributed by atoms with E-state index >= 15 is 0 Å². The van der Waals surface area contributed by atoms with Crippen molar-refractivity contribution in [1.82, 2.24) is 10.1 Å². The van der Waals surface area contributed by atoms with Crippen molar-refractivity contribution < 1.29 is 18.4 Å². The molecule has 0 unspecified atom stereocenters. The van der Waals surface area contributed by atoms with Gasteiger partial charge in [-0.05, 0) is 37.0 Å². The summed E-state index contributed by atoms with van der Waals surface area (Å²) in [6.07, 6.45) is 1.41. The standard InChI is InChI=1S/C17H19FN2O4/c1-23-17(22)20-6-5-12(15-10-16(21)19-24-15)9-14(20)8-11-3-2-4-13(18)7-11/h2-4,7,10,12,14H,5-6,8-9H2,1H3,(H,19,21)/t12-,14+/m1/s1. The van der Waals surface area contributed by atoms with Crippen molar-refractivity contribution in [2.45, 2.75) is 31.2 Å².